The maximum Gasteiger partial charge on any atom is 0.131 e. The number of hydrogen-bond acceptors (Lipinski definition) is 1. The molecule has 0 atom stereocenters. The Morgan fingerprint density at radius 1 is 1.12 bits per heavy atom. The summed E-state index contributed by atoms with van der Waals surface area (Å²) in [5.74, 6) is 1.91. The highest BCUT2D eigenvalue weighted by molar-refractivity contribution is 6.30. The van der Waals surface area contributed by atoms with Gasteiger partial charge < -0.3 is 4.74 Å². The second kappa shape index (κ2) is 5.44. The zero-order valence-corrected chi connectivity index (χ0v) is 10.9. The van der Waals surface area contributed by atoms with Gasteiger partial charge in [0.15, 0.2) is 0 Å². The summed E-state index contributed by atoms with van der Waals surface area (Å²) < 4.78 is 5.77. The van der Waals surface area contributed by atoms with E-state index in [4.69, 9.17) is 27.9 Å². The maximum atomic E-state index is 5.90. The molecule has 0 aliphatic heterocycles. The van der Waals surface area contributed by atoms with Gasteiger partial charge in [0.1, 0.15) is 11.5 Å². The third-order valence-electron chi connectivity index (χ3n) is 2.38. The Balaban J connectivity index is 2.29. The van der Waals surface area contributed by atoms with Gasteiger partial charge in [-0.1, -0.05) is 35.4 Å². The van der Waals surface area contributed by atoms with E-state index in [0.717, 1.165) is 11.3 Å². The SMILES string of the molecule is Cc1ccc(Oc2cccc(Cl)c2)c(CCl)c1. The largest absolute Gasteiger partial charge is 0.457 e. The van der Waals surface area contributed by atoms with Crippen molar-refractivity contribution in [3.05, 3.63) is 58.6 Å². The van der Waals surface area contributed by atoms with Crippen molar-refractivity contribution in [3.63, 3.8) is 0 Å². The number of benzene rings is 2. The van der Waals surface area contributed by atoms with Crippen LogP contribution in [0.3, 0.4) is 0 Å². The Bertz CT molecular complexity index is 523. The summed E-state index contributed by atoms with van der Waals surface area (Å²) in [5.41, 5.74) is 2.14. The molecule has 0 radical (unpaired) electrons. The fourth-order valence-corrected chi connectivity index (χ4v) is 1.96. The second-order valence-corrected chi connectivity index (χ2v) is 4.51. The lowest BCUT2D eigenvalue weighted by Crippen LogP contribution is -1.90. The van der Waals surface area contributed by atoms with Gasteiger partial charge in [0, 0.05) is 10.6 Å². The number of hydrogen-bond donors (Lipinski definition) is 0. The topological polar surface area (TPSA) is 9.23 Å². The molecular weight excluding hydrogens is 255 g/mol. The lowest BCUT2D eigenvalue weighted by atomic mass is 10.1. The monoisotopic (exact) mass is 266 g/mol. The van der Waals surface area contributed by atoms with Crippen molar-refractivity contribution in [1.29, 1.82) is 0 Å². The highest BCUT2D eigenvalue weighted by atomic mass is 35.5. The predicted octanol–water partition coefficient (Wildman–Crippen LogP) is 5.18. The molecule has 0 heterocycles. The Hall–Kier alpha value is -1.18. The molecular formula is C14H12Cl2O. The van der Waals surface area contributed by atoms with Gasteiger partial charge in [-0.05, 0) is 31.2 Å². The number of halogens is 2. The van der Waals surface area contributed by atoms with Crippen LogP contribution in [0, 0.1) is 6.92 Å². The smallest absolute Gasteiger partial charge is 0.131 e. The molecule has 0 N–H and O–H groups in total. The molecule has 0 saturated carbocycles. The second-order valence-electron chi connectivity index (χ2n) is 3.80. The van der Waals surface area contributed by atoms with Crippen LogP contribution in [0.5, 0.6) is 11.5 Å². The van der Waals surface area contributed by atoms with E-state index < -0.39 is 0 Å². The van der Waals surface area contributed by atoms with Gasteiger partial charge in [-0.3, -0.25) is 0 Å². The zero-order chi connectivity index (χ0) is 12.3. The van der Waals surface area contributed by atoms with Crippen molar-refractivity contribution < 1.29 is 4.74 Å². The predicted molar refractivity (Wildman–Crippen MR) is 72.3 cm³/mol. The van der Waals surface area contributed by atoms with Crippen molar-refractivity contribution in [2.45, 2.75) is 12.8 Å². The molecule has 0 unspecified atom stereocenters. The van der Waals surface area contributed by atoms with Crippen LogP contribution in [0.15, 0.2) is 42.5 Å². The van der Waals surface area contributed by atoms with Gasteiger partial charge in [-0.2, -0.15) is 0 Å². The Kier molecular flexibility index (Phi) is 3.93. The van der Waals surface area contributed by atoms with Gasteiger partial charge in [0.2, 0.25) is 0 Å². The molecule has 0 spiro atoms. The van der Waals surface area contributed by atoms with Gasteiger partial charge in [-0.15, -0.1) is 11.6 Å². The molecule has 1 nitrogen and oxygen atoms in total. The summed E-state index contributed by atoms with van der Waals surface area (Å²) in [4.78, 5) is 0. The zero-order valence-electron chi connectivity index (χ0n) is 9.41. The van der Waals surface area contributed by atoms with Crippen LogP contribution >= 0.6 is 23.2 Å². The van der Waals surface area contributed by atoms with Crippen molar-refractivity contribution in [2.24, 2.45) is 0 Å². The van der Waals surface area contributed by atoms with Crippen LogP contribution in [0.25, 0.3) is 0 Å². The quantitative estimate of drug-likeness (QED) is 0.696. The van der Waals surface area contributed by atoms with Crippen LogP contribution in [0.1, 0.15) is 11.1 Å². The maximum absolute atomic E-state index is 5.90. The van der Waals surface area contributed by atoms with Gasteiger partial charge in [0.05, 0.1) is 5.88 Å². The first-order chi connectivity index (χ1) is 8.19. The Morgan fingerprint density at radius 2 is 1.94 bits per heavy atom. The molecule has 88 valence electrons. The number of alkyl halides is 1. The molecule has 0 aliphatic carbocycles. The first kappa shape index (κ1) is 12.3. The van der Waals surface area contributed by atoms with Crippen LogP contribution in [-0.4, -0.2) is 0 Å². The lowest BCUT2D eigenvalue weighted by Gasteiger charge is -2.10. The minimum atomic E-state index is 0.428. The minimum Gasteiger partial charge on any atom is -0.457 e. The molecule has 0 amide bonds. The highest BCUT2D eigenvalue weighted by Gasteiger charge is 2.04. The summed E-state index contributed by atoms with van der Waals surface area (Å²) in [6.45, 7) is 2.03. The standard InChI is InChI=1S/C14H12Cl2O/c1-10-5-6-14(11(7-10)9-15)17-13-4-2-3-12(16)8-13/h2-8H,9H2,1H3. The molecule has 0 aromatic heterocycles. The van der Waals surface area contributed by atoms with E-state index in [9.17, 15) is 0 Å². The van der Waals surface area contributed by atoms with Crippen molar-refractivity contribution >= 4 is 23.2 Å². The summed E-state index contributed by atoms with van der Waals surface area (Å²) >= 11 is 11.8. The summed E-state index contributed by atoms with van der Waals surface area (Å²) in [6.07, 6.45) is 0. The molecule has 3 heteroatoms. The third-order valence-corrected chi connectivity index (χ3v) is 2.91. The number of ether oxygens (including phenoxy) is 1. The van der Waals surface area contributed by atoms with Crippen LogP contribution < -0.4 is 4.74 Å². The van der Waals surface area contributed by atoms with E-state index in [1.807, 2.05) is 43.3 Å². The van der Waals surface area contributed by atoms with E-state index in [-0.39, 0.29) is 0 Å². The van der Waals surface area contributed by atoms with Crippen LogP contribution in [0.2, 0.25) is 5.02 Å². The normalized spacial score (nSPS) is 10.3. The van der Waals surface area contributed by atoms with E-state index in [1.54, 1.807) is 6.07 Å². The van der Waals surface area contributed by atoms with Gasteiger partial charge >= 0.3 is 0 Å². The number of aryl methyl sites for hydroxylation is 1. The van der Waals surface area contributed by atoms with Crippen LogP contribution in [0.4, 0.5) is 0 Å². The molecule has 0 bridgehead atoms. The summed E-state index contributed by atoms with van der Waals surface area (Å²) in [5, 5.41) is 0.655. The van der Waals surface area contributed by atoms with E-state index in [2.05, 4.69) is 0 Å². The first-order valence-electron chi connectivity index (χ1n) is 5.28. The molecule has 0 fully saturated rings. The third kappa shape index (κ3) is 3.15. The summed E-state index contributed by atoms with van der Waals surface area (Å²) in [6, 6.07) is 13.2. The van der Waals surface area contributed by atoms with Crippen molar-refractivity contribution in [2.75, 3.05) is 0 Å². The van der Waals surface area contributed by atoms with E-state index in [1.165, 1.54) is 5.56 Å². The fraction of sp³-hybridized carbons (Fsp3) is 0.143. The molecule has 2 rings (SSSR count). The molecule has 17 heavy (non-hydrogen) atoms. The minimum absolute atomic E-state index is 0.428. The van der Waals surface area contributed by atoms with E-state index in [0.29, 0.717) is 16.7 Å². The van der Waals surface area contributed by atoms with Gasteiger partial charge in [-0.25, -0.2) is 0 Å². The average molecular weight is 267 g/mol. The fourth-order valence-electron chi connectivity index (χ4n) is 1.57. The van der Waals surface area contributed by atoms with E-state index >= 15 is 0 Å². The lowest BCUT2D eigenvalue weighted by molar-refractivity contribution is 0.478. The summed E-state index contributed by atoms with van der Waals surface area (Å²) in [7, 11) is 0. The highest BCUT2D eigenvalue weighted by Crippen LogP contribution is 2.28. The Morgan fingerprint density at radius 3 is 2.65 bits per heavy atom. The number of rotatable bonds is 3. The van der Waals surface area contributed by atoms with Crippen molar-refractivity contribution in [1.82, 2.24) is 0 Å². The molecule has 0 saturated heterocycles. The molecule has 2 aromatic carbocycles. The van der Waals surface area contributed by atoms with Gasteiger partial charge in [0.25, 0.3) is 0 Å². The van der Waals surface area contributed by atoms with Crippen molar-refractivity contribution in [3.8, 4) is 11.5 Å². The molecule has 2 aromatic rings. The Labute approximate surface area is 111 Å². The first-order valence-corrected chi connectivity index (χ1v) is 6.19. The average Bonchev–Trinajstić information content (AvgIpc) is 2.31. The molecule has 0 aliphatic rings. The van der Waals surface area contributed by atoms with Crippen LogP contribution in [-0.2, 0) is 5.88 Å².